The molecule has 0 saturated heterocycles. The van der Waals surface area contributed by atoms with Crippen molar-refractivity contribution in [2.75, 3.05) is 10.2 Å². The summed E-state index contributed by atoms with van der Waals surface area (Å²) >= 11 is 0. The molecule has 0 amide bonds. The SMILES string of the molecule is Cc1ccnc2c1C(OC1CCCC1)C=C(Nc1ccccc1)N2c1ccccc1. The molecule has 1 atom stereocenters. The van der Waals surface area contributed by atoms with Gasteiger partial charge in [0.25, 0.3) is 0 Å². The Bertz CT molecular complexity index is 1030. The van der Waals surface area contributed by atoms with Gasteiger partial charge in [-0.1, -0.05) is 49.2 Å². The Balaban J connectivity index is 1.61. The quantitative estimate of drug-likeness (QED) is 0.533. The van der Waals surface area contributed by atoms with Gasteiger partial charge in [-0.15, -0.1) is 0 Å². The van der Waals surface area contributed by atoms with Gasteiger partial charge in [-0.3, -0.25) is 4.90 Å². The van der Waals surface area contributed by atoms with Crippen LogP contribution in [0.3, 0.4) is 0 Å². The van der Waals surface area contributed by atoms with Gasteiger partial charge in [-0.05, 0) is 61.7 Å². The third-order valence-electron chi connectivity index (χ3n) is 5.94. The molecule has 0 radical (unpaired) electrons. The number of benzene rings is 2. The number of nitrogens with one attached hydrogen (secondary N) is 1. The molecule has 2 aromatic carbocycles. The van der Waals surface area contributed by atoms with Crippen LogP contribution in [0.1, 0.15) is 42.9 Å². The molecule has 1 aromatic heterocycles. The molecular formula is C26H27N3O. The number of hydrogen-bond donors (Lipinski definition) is 1. The zero-order chi connectivity index (χ0) is 20.3. The van der Waals surface area contributed by atoms with Crippen LogP contribution in [0.2, 0.25) is 0 Å². The Hall–Kier alpha value is -3.11. The zero-order valence-electron chi connectivity index (χ0n) is 17.3. The number of aromatic nitrogens is 1. The summed E-state index contributed by atoms with van der Waals surface area (Å²) in [4.78, 5) is 7.02. The number of fused-ring (bicyclic) bond motifs is 1. The number of ether oxygens (including phenoxy) is 1. The molecule has 30 heavy (non-hydrogen) atoms. The highest BCUT2D eigenvalue weighted by molar-refractivity contribution is 5.74. The summed E-state index contributed by atoms with van der Waals surface area (Å²) in [5, 5.41) is 3.61. The molecule has 1 unspecified atom stereocenters. The molecule has 1 N–H and O–H groups in total. The fourth-order valence-electron chi connectivity index (χ4n) is 4.44. The monoisotopic (exact) mass is 397 g/mol. The molecule has 152 valence electrons. The van der Waals surface area contributed by atoms with E-state index in [0.717, 1.165) is 41.4 Å². The van der Waals surface area contributed by atoms with Crippen molar-refractivity contribution in [2.45, 2.75) is 44.8 Å². The second-order valence-corrected chi connectivity index (χ2v) is 8.04. The number of nitrogens with zero attached hydrogens (tertiary/aromatic N) is 2. The largest absolute Gasteiger partial charge is 0.366 e. The lowest BCUT2D eigenvalue weighted by Gasteiger charge is -2.36. The summed E-state index contributed by atoms with van der Waals surface area (Å²) in [5.41, 5.74) is 4.48. The summed E-state index contributed by atoms with van der Waals surface area (Å²) in [6.07, 6.45) is 9.11. The highest BCUT2D eigenvalue weighted by Gasteiger charge is 2.32. The molecule has 1 fully saturated rings. The van der Waals surface area contributed by atoms with Gasteiger partial charge in [0.2, 0.25) is 0 Å². The summed E-state index contributed by atoms with van der Waals surface area (Å²) < 4.78 is 6.63. The van der Waals surface area contributed by atoms with E-state index in [1.54, 1.807) is 0 Å². The highest BCUT2D eigenvalue weighted by Crippen LogP contribution is 2.43. The molecule has 4 heteroatoms. The van der Waals surface area contributed by atoms with Crippen molar-refractivity contribution < 1.29 is 4.74 Å². The van der Waals surface area contributed by atoms with E-state index in [4.69, 9.17) is 9.72 Å². The maximum Gasteiger partial charge on any atom is 0.145 e. The first-order valence-corrected chi connectivity index (χ1v) is 10.8. The van der Waals surface area contributed by atoms with E-state index in [1.807, 2.05) is 30.5 Å². The van der Waals surface area contributed by atoms with Gasteiger partial charge in [0, 0.05) is 23.1 Å². The standard InChI is InChI=1S/C26H27N3O/c1-19-16-17-27-26-25(19)23(30-22-14-8-9-15-22)18-24(28-20-10-4-2-5-11-20)29(26)21-12-6-3-7-13-21/h2-7,10-13,16-18,22-23,28H,8-9,14-15H2,1H3. The van der Waals surface area contributed by atoms with Crippen molar-refractivity contribution in [2.24, 2.45) is 0 Å². The summed E-state index contributed by atoms with van der Waals surface area (Å²) in [6.45, 7) is 2.15. The smallest absolute Gasteiger partial charge is 0.145 e. The third-order valence-corrected chi connectivity index (χ3v) is 5.94. The van der Waals surface area contributed by atoms with E-state index in [2.05, 4.69) is 65.7 Å². The molecule has 5 rings (SSSR count). The Morgan fingerprint density at radius 2 is 1.63 bits per heavy atom. The Kier molecular flexibility index (Phi) is 5.24. The number of anilines is 3. The van der Waals surface area contributed by atoms with Gasteiger partial charge in [0.15, 0.2) is 0 Å². The van der Waals surface area contributed by atoms with Crippen molar-refractivity contribution in [1.82, 2.24) is 4.98 Å². The zero-order valence-corrected chi connectivity index (χ0v) is 17.3. The predicted molar refractivity (Wildman–Crippen MR) is 122 cm³/mol. The average Bonchev–Trinajstić information content (AvgIpc) is 3.28. The van der Waals surface area contributed by atoms with Crippen LogP contribution in [0, 0.1) is 6.92 Å². The maximum absolute atomic E-state index is 6.63. The van der Waals surface area contributed by atoms with Crippen LogP contribution in [-0.2, 0) is 4.74 Å². The van der Waals surface area contributed by atoms with Crippen LogP contribution < -0.4 is 10.2 Å². The highest BCUT2D eigenvalue weighted by atomic mass is 16.5. The number of hydrogen-bond acceptors (Lipinski definition) is 4. The molecule has 0 spiro atoms. The van der Waals surface area contributed by atoms with Crippen LogP contribution in [0.15, 0.2) is 84.8 Å². The normalized spacial score (nSPS) is 18.8. The van der Waals surface area contributed by atoms with E-state index < -0.39 is 0 Å². The number of para-hydroxylation sites is 2. The summed E-state index contributed by atoms with van der Waals surface area (Å²) in [6, 6.07) is 22.8. The Labute approximate surface area is 178 Å². The summed E-state index contributed by atoms with van der Waals surface area (Å²) in [5.74, 6) is 1.91. The van der Waals surface area contributed by atoms with Gasteiger partial charge in [0.05, 0.1) is 6.10 Å². The number of aryl methyl sites for hydroxylation is 1. The Morgan fingerprint density at radius 3 is 2.37 bits per heavy atom. The van der Waals surface area contributed by atoms with Crippen LogP contribution >= 0.6 is 0 Å². The summed E-state index contributed by atoms with van der Waals surface area (Å²) in [7, 11) is 0. The second kappa shape index (κ2) is 8.33. The Morgan fingerprint density at radius 1 is 0.933 bits per heavy atom. The van der Waals surface area contributed by atoms with Crippen LogP contribution in [0.25, 0.3) is 0 Å². The van der Waals surface area contributed by atoms with Crippen molar-refractivity contribution in [1.29, 1.82) is 0 Å². The van der Waals surface area contributed by atoms with Crippen molar-refractivity contribution in [3.05, 3.63) is 96.0 Å². The maximum atomic E-state index is 6.63. The minimum absolute atomic E-state index is 0.108. The van der Waals surface area contributed by atoms with Crippen LogP contribution in [0.5, 0.6) is 0 Å². The first-order chi connectivity index (χ1) is 14.8. The number of pyridine rings is 1. The second-order valence-electron chi connectivity index (χ2n) is 8.04. The molecule has 0 bridgehead atoms. The fraction of sp³-hybridized carbons (Fsp3) is 0.269. The lowest BCUT2D eigenvalue weighted by Crippen LogP contribution is -2.30. The minimum atomic E-state index is -0.108. The van der Waals surface area contributed by atoms with E-state index >= 15 is 0 Å². The van der Waals surface area contributed by atoms with E-state index in [9.17, 15) is 0 Å². The average molecular weight is 398 g/mol. The molecule has 1 aliphatic heterocycles. The van der Waals surface area contributed by atoms with E-state index in [-0.39, 0.29) is 6.10 Å². The van der Waals surface area contributed by atoms with Crippen LogP contribution in [0.4, 0.5) is 17.2 Å². The van der Waals surface area contributed by atoms with Gasteiger partial charge in [-0.2, -0.15) is 0 Å². The molecule has 4 nitrogen and oxygen atoms in total. The molecule has 3 aromatic rings. The topological polar surface area (TPSA) is 37.4 Å². The van der Waals surface area contributed by atoms with Gasteiger partial charge < -0.3 is 10.1 Å². The van der Waals surface area contributed by atoms with Gasteiger partial charge in [-0.25, -0.2) is 4.98 Å². The first-order valence-electron chi connectivity index (χ1n) is 10.8. The molecule has 1 aliphatic carbocycles. The fourth-order valence-corrected chi connectivity index (χ4v) is 4.44. The van der Waals surface area contributed by atoms with Crippen LogP contribution in [-0.4, -0.2) is 11.1 Å². The van der Waals surface area contributed by atoms with Gasteiger partial charge >= 0.3 is 0 Å². The molecule has 1 saturated carbocycles. The van der Waals surface area contributed by atoms with Crippen molar-refractivity contribution in [3.63, 3.8) is 0 Å². The lowest BCUT2D eigenvalue weighted by atomic mass is 9.99. The number of rotatable bonds is 5. The third kappa shape index (κ3) is 3.71. The predicted octanol–water partition coefficient (Wildman–Crippen LogP) is 6.50. The van der Waals surface area contributed by atoms with Gasteiger partial charge in [0.1, 0.15) is 17.7 Å². The van der Waals surface area contributed by atoms with Crippen molar-refractivity contribution in [3.8, 4) is 0 Å². The van der Waals surface area contributed by atoms with E-state index in [0.29, 0.717) is 6.10 Å². The first kappa shape index (κ1) is 18.9. The molecular weight excluding hydrogens is 370 g/mol. The lowest BCUT2D eigenvalue weighted by molar-refractivity contribution is 0.0156. The van der Waals surface area contributed by atoms with E-state index in [1.165, 1.54) is 18.4 Å². The van der Waals surface area contributed by atoms with Crippen molar-refractivity contribution >= 4 is 17.2 Å². The minimum Gasteiger partial charge on any atom is -0.366 e. The molecule has 2 aliphatic rings. The molecule has 2 heterocycles.